The van der Waals surface area contributed by atoms with Crippen LogP contribution in [0.25, 0.3) is 10.9 Å². The summed E-state index contributed by atoms with van der Waals surface area (Å²) in [4.78, 5) is 17.1. The second-order valence-corrected chi connectivity index (χ2v) is 5.43. The molecule has 0 fully saturated rings. The Kier molecular flexibility index (Phi) is 3.71. The Morgan fingerprint density at radius 2 is 1.90 bits per heavy atom. The molecule has 0 spiro atoms. The average molecular weight is 342 g/mol. The number of carbonyl (C=O) groups is 1. The van der Waals surface area contributed by atoms with Gasteiger partial charge in [0.05, 0.1) is 12.6 Å². The maximum absolute atomic E-state index is 12.6. The number of carbonyl (C=O) groups excluding carboxylic acids is 1. The minimum Gasteiger partial charge on any atom is -0.497 e. The smallest absolute Gasteiger partial charge is 0.212 e. The van der Waals surface area contributed by atoms with E-state index in [2.05, 4.69) is 20.9 Å². The summed E-state index contributed by atoms with van der Waals surface area (Å²) in [5, 5.41) is 0.992. The maximum Gasteiger partial charge on any atom is 0.212 e. The summed E-state index contributed by atoms with van der Waals surface area (Å²) in [5.74, 6) is 0.518. The largest absolute Gasteiger partial charge is 0.497 e. The molecule has 2 aromatic carbocycles. The molecule has 21 heavy (non-hydrogen) atoms. The number of rotatable bonds is 3. The van der Waals surface area contributed by atoms with Gasteiger partial charge in [0, 0.05) is 15.4 Å². The molecular weight excluding hydrogens is 330 g/mol. The Balaban J connectivity index is 2.10. The molecule has 0 aliphatic heterocycles. The summed E-state index contributed by atoms with van der Waals surface area (Å²) in [7, 11) is 1.58. The van der Waals surface area contributed by atoms with Crippen molar-refractivity contribution in [3.05, 3.63) is 70.3 Å². The zero-order chi connectivity index (χ0) is 14.8. The van der Waals surface area contributed by atoms with Crippen molar-refractivity contribution >= 4 is 32.6 Å². The molecule has 0 aliphatic carbocycles. The van der Waals surface area contributed by atoms with Crippen molar-refractivity contribution in [3.8, 4) is 5.75 Å². The van der Waals surface area contributed by atoms with Crippen molar-refractivity contribution in [3.63, 3.8) is 0 Å². The Morgan fingerprint density at radius 1 is 1.10 bits per heavy atom. The standard InChI is InChI=1S/C17H12BrNO2/c1-21-13-7-4-6-12(9-13)17(20)16-14(18)10-11-5-2-3-8-15(11)19-16/h2-10H,1H3. The summed E-state index contributed by atoms with van der Waals surface area (Å²) in [5.41, 5.74) is 1.76. The highest BCUT2D eigenvalue weighted by Crippen LogP contribution is 2.24. The lowest BCUT2D eigenvalue weighted by Gasteiger charge is -2.07. The fraction of sp³-hybridized carbons (Fsp3) is 0.0588. The topological polar surface area (TPSA) is 39.2 Å². The van der Waals surface area contributed by atoms with E-state index in [4.69, 9.17) is 4.74 Å². The van der Waals surface area contributed by atoms with Gasteiger partial charge in [0.15, 0.2) is 0 Å². The molecule has 1 aromatic heterocycles. The van der Waals surface area contributed by atoms with Crippen LogP contribution in [0.1, 0.15) is 16.1 Å². The van der Waals surface area contributed by atoms with Crippen molar-refractivity contribution < 1.29 is 9.53 Å². The minimum atomic E-state index is -0.133. The van der Waals surface area contributed by atoms with Crippen molar-refractivity contribution in [2.24, 2.45) is 0 Å². The van der Waals surface area contributed by atoms with Crippen LogP contribution in [-0.2, 0) is 0 Å². The maximum atomic E-state index is 12.6. The average Bonchev–Trinajstić information content (AvgIpc) is 2.53. The van der Waals surface area contributed by atoms with Crippen LogP contribution in [0.5, 0.6) is 5.75 Å². The number of fused-ring (bicyclic) bond motifs is 1. The van der Waals surface area contributed by atoms with Crippen molar-refractivity contribution in [1.29, 1.82) is 0 Å². The van der Waals surface area contributed by atoms with E-state index >= 15 is 0 Å². The van der Waals surface area contributed by atoms with Gasteiger partial charge in [-0.1, -0.05) is 30.3 Å². The zero-order valence-corrected chi connectivity index (χ0v) is 12.9. The molecule has 3 nitrogen and oxygen atoms in total. The van der Waals surface area contributed by atoms with E-state index in [1.807, 2.05) is 30.3 Å². The van der Waals surface area contributed by atoms with Gasteiger partial charge >= 0.3 is 0 Å². The highest BCUT2D eigenvalue weighted by atomic mass is 79.9. The summed E-state index contributed by atoms with van der Waals surface area (Å²) < 4.78 is 5.85. The molecule has 0 N–H and O–H groups in total. The Labute approximate surface area is 130 Å². The summed E-state index contributed by atoms with van der Waals surface area (Å²) in [6.07, 6.45) is 0. The van der Waals surface area contributed by atoms with Crippen LogP contribution in [0.3, 0.4) is 0 Å². The van der Waals surface area contributed by atoms with E-state index in [0.29, 0.717) is 21.5 Å². The number of aromatic nitrogens is 1. The summed E-state index contributed by atoms with van der Waals surface area (Å²) in [6, 6.07) is 16.7. The lowest BCUT2D eigenvalue weighted by Crippen LogP contribution is -2.05. The molecule has 0 unspecified atom stereocenters. The first-order valence-electron chi connectivity index (χ1n) is 6.43. The summed E-state index contributed by atoms with van der Waals surface area (Å²) >= 11 is 3.44. The highest BCUT2D eigenvalue weighted by Gasteiger charge is 2.16. The quantitative estimate of drug-likeness (QED) is 0.669. The first kappa shape index (κ1) is 13.8. The second kappa shape index (κ2) is 5.66. The van der Waals surface area contributed by atoms with Gasteiger partial charge in [0.1, 0.15) is 11.4 Å². The molecule has 0 bridgehead atoms. The monoisotopic (exact) mass is 341 g/mol. The van der Waals surface area contributed by atoms with E-state index in [-0.39, 0.29) is 5.78 Å². The second-order valence-electron chi connectivity index (χ2n) is 4.57. The number of nitrogens with zero attached hydrogens (tertiary/aromatic N) is 1. The van der Waals surface area contributed by atoms with Crippen LogP contribution < -0.4 is 4.74 Å². The molecule has 3 aromatic rings. The van der Waals surface area contributed by atoms with Gasteiger partial charge in [-0.25, -0.2) is 4.98 Å². The summed E-state index contributed by atoms with van der Waals surface area (Å²) in [6.45, 7) is 0. The number of hydrogen-bond acceptors (Lipinski definition) is 3. The Bertz CT molecular complexity index is 830. The van der Waals surface area contributed by atoms with Gasteiger partial charge in [-0.05, 0) is 40.2 Å². The first-order valence-corrected chi connectivity index (χ1v) is 7.22. The van der Waals surface area contributed by atoms with Gasteiger partial charge in [-0.3, -0.25) is 4.79 Å². The Hall–Kier alpha value is -2.20. The van der Waals surface area contributed by atoms with Gasteiger partial charge in [-0.15, -0.1) is 0 Å². The predicted molar refractivity (Wildman–Crippen MR) is 85.9 cm³/mol. The van der Waals surface area contributed by atoms with Crippen LogP contribution in [0, 0.1) is 0 Å². The number of hydrogen-bond donors (Lipinski definition) is 0. The molecule has 0 saturated heterocycles. The van der Waals surface area contributed by atoms with E-state index in [1.54, 1.807) is 31.4 Å². The van der Waals surface area contributed by atoms with Gasteiger partial charge in [0.25, 0.3) is 0 Å². The predicted octanol–water partition coefficient (Wildman–Crippen LogP) is 4.24. The molecule has 0 radical (unpaired) electrons. The van der Waals surface area contributed by atoms with Crippen molar-refractivity contribution in [2.45, 2.75) is 0 Å². The molecule has 1 heterocycles. The van der Waals surface area contributed by atoms with Gasteiger partial charge < -0.3 is 4.74 Å². The van der Waals surface area contributed by atoms with Crippen LogP contribution in [0.2, 0.25) is 0 Å². The van der Waals surface area contributed by atoms with Crippen molar-refractivity contribution in [2.75, 3.05) is 7.11 Å². The normalized spacial score (nSPS) is 10.6. The van der Waals surface area contributed by atoms with E-state index in [9.17, 15) is 4.79 Å². The molecule has 0 saturated carbocycles. The lowest BCUT2D eigenvalue weighted by atomic mass is 10.1. The molecule has 0 amide bonds. The number of pyridine rings is 1. The third-order valence-electron chi connectivity index (χ3n) is 3.22. The van der Waals surface area contributed by atoms with Crippen molar-refractivity contribution in [1.82, 2.24) is 4.98 Å². The SMILES string of the molecule is COc1cccc(C(=O)c2nc3ccccc3cc2Br)c1. The lowest BCUT2D eigenvalue weighted by molar-refractivity contribution is 0.103. The Morgan fingerprint density at radius 3 is 2.71 bits per heavy atom. The molecule has 0 atom stereocenters. The number of para-hydroxylation sites is 1. The van der Waals surface area contributed by atoms with Crippen LogP contribution in [-0.4, -0.2) is 17.9 Å². The zero-order valence-electron chi connectivity index (χ0n) is 11.3. The molecule has 4 heteroatoms. The first-order chi connectivity index (χ1) is 10.2. The highest BCUT2D eigenvalue weighted by molar-refractivity contribution is 9.10. The van der Waals surface area contributed by atoms with Gasteiger partial charge in [0.2, 0.25) is 5.78 Å². The number of ketones is 1. The molecular formula is C17H12BrNO2. The van der Waals surface area contributed by atoms with E-state index in [1.165, 1.54) is 0 Å². The fourth-order valence-corrected chi connectivity index (χ4v) is 2.67. The van der Waals surface area contributed by atoms with E-state index in [0.717, 1.165) is 10.9 Å². The third-order valence-corrected chi connectivity index (χ3v) is 3.83. The number of methoxy groups -OCH3 is 1. The number of halogens is 1. The molecule has 3 rings (SSSR count). The van der Waals surface area contributed by atoms with Crippen LogP contribution in [0.4, 0.5) is 0 Å². The number of benzene rings is 2. The fourth-order valence-electron chi connectivity index (χ4n) is 2.15. The molecule has 104 valence electrons. The van der Waals surface area contributed by atoms with Crippen LogP contribution >= 0.6 is 15.9 Å². The third kappa shape index (κ3) is 2.67. The molecule has 0 aliphatic rings. The van der Waals surface area contributed by atoms with E-state index < -0.39 is 0 Å². The number of ether oxygens (including phenoxy) is 1. The van der Waals surface area contributed by atoms with Crippen LogP contribution in [0.15, 0.2) is 59.1 Å². The minimum absolute atomic E-state index is 0.133. The van der Waals surface area contributed by atoms with Gasteiger partial charge in [-0.2, -0.15) is 0 Å².